The maximum absolute atomic E-state index is 11.5. The second-order valence-corrected chi connectivity index (χ2v) is 4.99. The lowest BCUT2D eigenvalue weighted by Gasteiger charge is -2.15. The zero-order chi connectivity index (χ0) is 15.6. The minimum Gasteiger partial charge on any atom is -0.481 e. The predicted molar refractivity (Wildman–Crippen MR) is 78.4 cm³/mol. The van der Waals surface area contributed by atoms with Crippen molar-refractivity contribution in [3.8, 4) is 0 Å². The van der Waals surface area contributed by atoms with Crippen LogP contribution in [0.5, 0.6) is 0 Å². The topological polar surface area (TPSA) is 93.3 Å². The van der Waals surface area contributed by atoms with Crippen LogP contribution in [-0.2, 0) is 4.79 Å². The minimum atomic E-state index is -0.921. The smallest absolute Gasteiger partial charge is 0.310 e. The molecule has 0 saturated carbocycles. The van der Waals surface area contributed by atoms with E-state index in [-0.39, 0.29) is 5.69 Å². The van der Waals surface area contributed by atoms with E-state index < -0.39 is 16.8 Å². The summed E-state index contributed by atoms with van der Waals surface area (Å²) in [5.74, 6) is -1.60. The summed E-state index contributed by atoms with van der Waals surface area (Å²) < 4.78 is 0. The Bertz CT molecular complexity index is 712. The zero-order valence-electron chi connectivity index (χ0n) is 11.9. The first kappa shape index (κ1) is 14.9. The minimum absolute atomic E-state index is 0.0601. The Hall–Kier alpha value is -2.50. The van der Waals surface area contributed by atoms with Crippen molar-refractivity contribution >= 4 is 22.6 Å². The van der Waals surface area contributed by atoms with Gasteiger partial charge in [0.2, 0.25) is 0 Å². The molecule has 1 N–H and O–H groups in total. The second kappa shape index (κ2) is 5.87. The molecule has 1 atom stereocenters. The molecular weight excluding hydrogens is 272 g/mol. The van der Waals surface area contributed by atoms with Crippen molar-refractivity contribution in [2.45, 2.75) is 32.6 Å². The summed E-state index contributed by atoms with van der Waals surface area (Å²) >= 11 is 0. The van der Waals surface area contributed by atoms with Crippen LogP contribution < -0.4 is 0 Å². The van der Waals surface area contributed by atoms with E-state index in [0.717, 1.165) is 6.42 Å². The fourth-order valence-electron chi connectivity index (χ4n) is 2.48. The Morgan fingerprint density at radius 1 is 1.43 bits per heavy atom. The van der Waals surface area contributed by atoms with Crippen LogP contribution in [0.1, 0.15) is 36.9 Å². The Balaban J connectivity index is 2.72. The van der Waals surface area contributed by atoms with E-state index >= 15 is 0 Å². The third kappa shape index (κ3) is 2.99. The quantitative estimate of drug-likeness (QED) is 0.672. The third-order valence-corrected chi connectivity index (χ3v) is 3.41. The molecule has 0 spiro atoms. The van der Waals surface area contributed by atoms with Gasteiger partial charge in [-0.15, -0.1) is 0 Å². The number of nitrogens with zero attached hydrogens (tertiary/aromatic N) is 2. The highest BCUT2D eigenvalue weighted by atomic mass is 16.6. The Morgan fingerprint density at radius 2 is 2.14 bits per heavy atom. The summed E-state index contributed by atoms with van der Waals surface area (Å²) in [6, 6.07) is 6.06. The summed E-state index contributed by atoms with van der Waals surface area (Å²) in [6.07, 6.45) is 1.20. The molecule has 0 bridgehead atoms. The van der Waals surface area contributed by atoms with E-state index in [1.807, 2.05) is 6.92 Å². The Labute approximate surface area is 121 Å². The highest BCUT2D eigenvalue weighted by Gasteiger charge is 2.23. The zero-order valence-corrected chi connectivity index (χ0v) is 11.9. The molecule has 1 heterocycles. The van der Waals surface area contributed by atoms with Crippen LogP contribution in [0.25, 0.3) is 10.9 Å². The lowest BCUT2D eigenvalue weighted by molar-refractivity contribution is -0.384. The second-order valence-electron chi connectivity index (χ2n) is 4.99. The molecule has 0 radical (unpaired) electrons. The van der Waals surface area contributed by atoms with Gasteiger partial charge in [-0.1, -0.05) is 13.3 Å². The van der Waals surface area contributed by atoms with Gasteiger partial charge in [0.1, 0.15) is 0 Å². The van der Waals surface area contributed by atoms with Crippen molar-refractivity contribution in [2.75, 3.05) is 0 Å². The Morgan fingerprint density at radius 3 is 2.71 bits per heavy atom. The van der Waals surface area contributed by atoms with Crippen LogP contribution in [0.2, 0.25) is 0 Å². The summed E-state index contributed by atoms with van der Waals surface area (Å²) in [6.45, 7) is 3.70. The standard InChI is InChI=1S/C15H16N2O4/c1-3-4-11(15(18)19)12-7-9(2)16-14-6-5-10(17(20)21)8-13(12)14/h5-8,11H,3-4H2,1-2H3,(H,18,19). The van der Waals surface area contributed by atoms with Crippen molar-refractivity contribution in [1.82, 2.24) is 4.98 Å². The molecule has 110 valence electrons. The summed E-state index contributed by atoms with van der Waals surface area (Å²) in [5.41, 5.74) is 1.82. The first-order valence-corrected chi connectivity index (χ1v) is 6.72. The SMILES string of the molecule is CCCC(C(=O)O)c1cc(C)nc2ccc([N+](=O)[O-])cc12. The van der Waals surface area contributed by atoms with Crippen molar-refractivity contribution in [3.63, 3.8) is 0 Å². The van der Waals surface area contributed by atoms with Gasteiger partial charge in [0.05, 0.1) is 16.4 Å². The maximum atomic E-state index is 11.5. The van der Waals surface area contributed by atoms with Crippen LogP contribution in [-0.4, -0.2) is 21.0 Å². The summed E-state index contributed by atoms with van der Waals surface area (Å²) in [5, 5.41) is 20.9. The molecule has 0 fully saturated rings. The van der Waals surface area contributed by atoms with Crippen molar-refractivity contribution in [1.29, 1.82) is 0 Å². The van der Waals surface area contributed by atoms with Crippen LogP contribution in [0.3, 0.4) is 0 Å². The molecule has 1 aromatic heterocycles. The van der Waals surface area contributed by atoms with Crippen molar-refractivity contribution in [2.24, 2.45) is 0 Å². The van der Waals surface area contributed by atoms with Gasteiger partial charge in [0.15, 0.2) is 0 Å². The van der Waals surface area contributed by atoms with Gasteiger partial charge in [0, 0.05) is 23.2 Å². The van der Waals surface area contributed by atoms with Gasteiger partial charge in [0.25, 0.3) is 5.69 Å². The molecule has 1 aromatic carbocycles. The number of hydrogen-bond acceptors (Lipinski definition) is 4. The lowest BCUT2D eigenvalue weighted by atomic mass is 9.91. The molecule has 0 aliphatic heterocycles. The van der Waals surface area contributed by atoms with Crippen LogP contribution in [0.15, 0.2) is 24.3 Å². The number of carboxylic acids is 1. The van der Waals surface area contributed by atoms with E-state index in [0.29, 0.717) is 28.6 Å². The number of non-ortho nitro benzene ring substituents is 1. The number of carbonyl (C=O) groups is 1. The first-order valence-electron chi connectivity index (χ1n) is 6.72. The number of aromatic nitrogens is 1. The van der Waals surface area contributed by atoms with Gasteiger partial charge in [-0.25, -0.2) is 0 Å². The fourth-order valence-corrected chi connectivity index (χ4v) is 2.48. The van der Waals surface area contributed by atoms with Crippen molar-refractivity contribution in [3.05, 3.63) is 45.6 Å². The average Bonchev–Trinajstić information content (AvgIpc) is 2.43. The Kier molecular flexibility index (Phi) is 4.16. The number of carboxylic acid groups (broad SMARTS) is 1. The third-order valence-electron chi connectivity index (χ3n) is 3.41. The van der Waals surface area contributed by atoms with Crippen LogP contribution >= 0.6 is 0 Å². The number of fused-ring (bicyclic) bond motifs is 1. The maximum Gasteiger partial charge on any atom is 0.310 e. The highest BCUT2D eigenvalue weighted by Crippen LogP contribution is 2.31. The van der Waals surface area contributed by atoms with Gasteiger partial charge >= 0.3 is 5.97 Å². The lowest BCUT2D eigenvalue weighted by Crippen LogP contribution is -2.12. The molecule has 0 aliphatic carbocycles. The van der Waals surface area contributed by atoms with E-state index in [1.165, 1.54) is 12.1 Å². The van der Waals surface area contributed by atoms with Gasteiger partial charge < -0.3 is 5.11 Å². The number of rotatable bonds is 5. The molecule has 1 unspecified atom stereocenters. The first-order chi connectivity index (χ1) is 9.93. The van der Waals surface area contributed by atoms with Gasteiger partial charge in [-0.3, -0.25) is 19.9 Å². The number of nitro benzene ring substituents is 1. The molecule has 0 amide bonds. The summed E-state index contributed by atoms with van der Waals surface area (Å²) in [4.78, 5) is 26.3. The largest absolute Gasteiger partial charge is 0.481 e. The number of benzene rings is 1. The highest BCUT2D eigenvalue weighted by molar-refractivity contribution is 5.90. The molecule has 6 nitrogen and oxygen atoms in total. The van der Waals surface area contributed by atoms with Gasteiger partial charge in [-0.2, -0.15) is 0 Å². The molecule has 2 aromatic rings. The molecule has 0 aliphatic rings. The van der Waals surface area contributed by atoms with Gasteiger partial charge in [-0.05, 0) is 31.0 Å². The van der Waals surface area contributed by atoms with Crippen LogP contribution in [0.4, 0.5) is 5.69 Å². The summed E-state index contributed by atoms with van der Waals surface area (Å²) in [7, 11) is 0. The molecular formula is C15H16N2O4. The normalized spacial score (nSPS) is 12.3. The number of aryl methyl sites for hydroxylation is 1. The number of pyridine rings is 1. The predicted octanol–water partition coefficient (Wildman–Crippen LogP) is 3.42. The molecule has 21 heavy (non-hydrogen) atoms. The van der Waals surface area contributed by atoms with E-state index in [4.69, 9.17) is 0 Å². The van der Waals surface area contributed by atoms with Crippen LogP contribution in [0, 0.1) is 17.0 Å². The monoisotopic (exact) mass is 288 g/mol. The molecule has 0 saturated heterocycles. The fraction of sp³-hybridized carbons (Fsp3) is 0.333. The number of nitro groups is 1. The van der Waals surface area contributed by atoms with E-state index in [9.17, 15) is 20.0 Å². The number of hydrogen-bond donors (Lipinski definition) is 1. The molecule has 2 rings (SSSR count). The van der Waals surface area contributed by atoms with E-state index in [2.05, 4.69) is 4.98 Å². The number of aliphatic carboxylic acids is 1. The van der Waals surface area contributed by atoms with Crippen molar-refractivity contribution < 1.29 is 14.8 Å². The average molecular weight is 288 g/mol. The van der Waals surface area contributed by atoms with E-state index in [1.54, 1.807) is 19.1 Å². The molecule has 6 heteroatoms.